The van der Waals surface area contributed by atoms with Crippen molar-refractivity contribution in [1.82, 2.24) is 19.3 Å². The minimum absolute atomic E-state index is 0.0305. The van der Waals surface area contributed by atoms with Crippen molar-refractivity contribution in [1.29, 1.82) is 0 Å². The minimum atomic E-state index is -0.277. The molecule has 4 aromatic rings. The predicted molar refractivity (Wildman–Crippen MR) is 140 cm³/mol. The lowest BCUT2D eigenvalue weighted by molar-refractivity contribution is 0.0743. The van der Waals surface area contributed by atoms with Gasteiger partial charge >= 0.3 is 0 Å². The first-order valence-corrected chi connectivity index (χ1v) is 12.9. The average molecular weight is 504 g/mol. The second-order valence-corrected chi connectivity index (χ2v) is 10.0. The Balaban J connectivity index is 1.32. The van der Waals surface area contributed by atoms with Crippen molar-refractivity contribution in [3.05, 3.63) is 75.7 Å². The number of nitrogens with one attached hydrogen (secondary N) is 2. The van der Waals surface area contributed by atoms with Crippen LogP contribution in [0.2, 0.25) is 0 Å². The van der Waals surface area contributed by atoms with Crippen LogP contribution in [0.3, 0.4) is 0 Å². The van der Waals surface area contributed by atoms with Gasteiger partial charge in [-0.1, -0.05) is 0 Å². The summed E-state index contributed by atoms with van der Waals surface area (Å²) in [6.07, 6.45) is 5.19. The number of carbonyl (C=O) groups excluding carboxylic acids is 1. The molecular formula is C28H30FN5O3. The van der Waals surface area contributed by atoms with Crippen LogP contribution in [0.1, 0.15) is 53.3 Å². The van der Waals surface area contributed by atoms with Gasteiger partial charge in [0, 0.05) is 49.5 Å². The number of hydrogen-bond acceptors (Lipinski definition) is 5. The zero-order chi connectivity index (χ0) is 25.5. The van der Waals surface area contributed by atoms with Crippen LogP contribution < -0.4 is 10.9 Å². The number of rotatable bonds is 5. The number of aromatic amines is 1. The van der Waals surface area contributed by atoms with Crippen molar-refractivity contribution in [2.75, 3.05) is 31.6 Å². The van der Waals surface area contributed by atoms with Crippen molar-refractivity contribution in [3.8, 4) is 0 Å². The molecule has 0 spiro atoms. The number of ether oxygens (including phenoxy) is 1. The number of anilines is 1. The quantitative estimate of drug-likeness (QED) is 0.425. The zero-order valence-electron chi connectivity index (χ0n) is 20.8. The van der Waals surface area contributed by atoms with E-state index in [1.165, 1.54) is 12.1 Å². The second-order valence-electron chi connectivity index (χ2n) is 10.0. The molecule has 0 aliphatic carbocycles. The van der Waals surface area contributed by atoms with Gasteiger partial charge < -0.3 is 19.9 Å². The van der Waals surface area contributed by atoms with Gasteiger partial charge in [0.25, 0.3) is 11.5 Å². The Labute approximate surface area is 213 Å². The Morgan fingerprint density at radius 3 is 2.73 bits per heavy atom. The van der Waals surface area contributed by atoms with Gasteiger partial charge in [0.1, 0.15) is 17.2 Å². The third-order valence-corrected chi connectivity index (χ3v) is 7.69. The van der Waals surface area contributed by atoms with Crippen LogP contribution in [0.25, 0.3) is 16.6 Å². The highest BCUT2D eigenvalue weighted by atomic mass is 19.1. The fourth-order valence-corrected chi connectivity index (χ4v) is 5.69. The molecule has 0 bridgehead atoms. The number of nitrogens with zero attached hydrogens (tertiary/aromatic N) is 3. The van der Waals surface area contributed by atoms with Gasteiger partial charge in [-0.05, 0) is 74.6 Å². The zero-order valence-corrected chi connectivity index (χ0v) is 20.8. The first-order valence-electron chi connectivity index (χ1n) is 12.9. The summed E-state index contributed by atoms with van der Waals surface area (Å²) in [4.78, 5) is 36.2. The van der Waals surface area contributed by atoms with Crippen LogP contribution in [-0.2, 0) is 4.74 Å². The van der Waals surface area contributed by atoms with Gasteiger partial charge in [-0.2, -0.15) is 0 Å². The molecule has 2 N–H and O–H groups in total. The maximum Gasteiger partial charge on any atom is 0.274 e. The molecule has 1 atom stereocenters. The van der Waals surface area contributed by atoms with Crippen molar-refractivity contribution in [2.24, 2.45) is 0 Å². The summed E-state index contributed by atoms with van der Waals surface area (Å²) >= 11 is 0. The van der Waals surface area contributed by atoms with Crippen LogP contribution in [0, 0.1) is 12.7 Å². The second kappa shape index (κ2) is 9.63. The van der Waals surface area contributed by atoms with Gasteiger partial charge in [0.15, 0.2) is 0 Å². The first-order chi connectivity index (χ1) is 18.0. The van der Waals surface area contributed by atoms with Crippen LogP contribution in [0.15, 0.2) is 47.4 Å². The van der Waals surface area contributed by atoms with E-state index >= 15 is 0 Å². The lowest BCUT2D eigenvalue weighted by atomic mass is 9.99. The maximum atomic E-state index is 13.7. The van der Waals surface area contributed by atoms with Gasteiger partial charge in [-0.15, -0.1) is 0 Å². The van der Waals surface area contributed by atoms with E-state index in [2.05, 4.69) is 15.3 Å². The summed E-state index contributed by atoms with van der Waals surface area (Å²) in [5, 5.41) is 3.33. The topological polar surface area (TPSA) is 91.7 Å². The van der Waals surface area contributed by atoms with E-state index in [9.17, 15) is 14.0 Å². The molecule has 2 saturated heterocycles. The molecule has 6 rings (SSSR count). The van der Waals surface area contributed by atoms with Gasteiger partial charge in [0.2, 0.25) is 0 Å². The molecule has 2 aromatic heterocycles. The molecule has 2 aliphatic rings. The summed E-state index contributed by atoms with van der Waals surface area (Å²) < 4.78 is 20.7. The number of H-pyrrole nitrogens is 1. The molecule has 2 aliphatic heterocycles. The number of carbonyl (C=O) groups is 1. The monoisotopic (exact) mass is 503 g/mol. The lowest BCUT2D eigenvalue weighted by Crippen LogP contribution is -2.39. The highest BCUT2D eigenvalue weighted by Crippen LogP contribution is 2.30. The van der Waals surface area contributed by atoms with Gasteiger partial charge in [-0.3, -0.25) is 14.0 Å². The Kier molecular flexibility index (Phi) is 6.16. The molecule has 37 heavy (non-hydrogen) atoms. The number of aryl methyl sites for hydroxylation is 1. The van der Waals surface area contributed by atoms with Crippen molar-refractivity contribution >= 4 is 28.1 Å². The van der Waals surface area contributed by atoms with Crippen molar-refractivity contribution < 1.29 is 13.9 Å². The maximum absolute atomic E-state index is 13.7. The molecule has 1 amide bonds. The first kappa shape index (κ1) is 23.7. The Hall–Kier alpha value is -3.72. The van der Waals surface area contributed by atoms with Crippen LogP contribution in [0.5, 0.6) is 0 Å². The van der Waals surface area contributed by atoms with Crippen LogP contribution in [-0.4, -0.2) is 57.5 Å². The SMILES string of the molecule is Cc1cc2c(cc1C(=O)N1CCC[C@H]1CNc1ccc(F)cc1)[nH]c(=O)c1cnc(C3CCOCC3)n12. The van der Waals surface area contributed by atoms with E-state index < -0.39 is 0 Å². The fourth-order valence-electron chi connectivity index (χ4n) is 5.69. The summed E-state index contributed by atoms with van der Waals surface area (Å²) in [7, 11) is 0. The molecule has 9 heteroatoms. The predicted octanol–water partition coefficient (Wildman–Crippen LogP) is 4.23. The highest BCUT2D eigenvalue weighted by molar-refractivity contribution is 5.99. The normalized spacial score (nSPS) is 18.6. The highest BCUT2D eigenvalue weighted by Gasteiger charge is 2.30. The molecular weight excluding hydrogens is 473 g/mol. The smallest absolute Gasteiger partial charge is 0.274 e. The van der Waals surface area contributed by atoms with E-state index in [0.29, 0.717) is 42.9 Å². The number of hydrogen-bond donors (Lipinski definition) is 2. The third-order valence-electron chi connectivity index (χ3n) is 7.69. The summed E-state index contributed by atoms with van der Waals surface area (Å²) in [6.45, 7) is 4.58. The fraction of sp³-hybridized carbons (Fsp3) is 0.393. The third kappa shape index (κ3) is 4.37. The number of amides is 1. The molecule has 192 valence electrons. The Morgan fingerprint density at radius 2 is 1.95 bits per heavy atom. The number of benzene rings is 2. The molecule has 4 heterocycles. The number of fused-ring (bicyclic) bond motifs is 3. The lowest BCUT2D eigenvalue weighted by Gasteiger charge is -2.26. The van der Waals surface area contributed by atoms with Crippen molar-refractivity contribution in [3.63, 3.8) is 0 Å². The number of likely N-dealkylation sites (tertiary alicyclic amines) is 1. The van der Waals surface area contributed by atoms with Crippen LogP contribution in [0.4, 0.5) is 10.1 Å². The number of aromatic nitrogens is 3. The van der Waals surface area contributed by atoms with Gasteiger partial charge in [-0.25, -0.2) is 9.37 Å². The van der Waals surface area contributed by atoms with E-state index in [4.69, 9.17) is 4.74 Å². The molecule has 2 fully saturated rings. The minimum Gasteiger partial charge on any atom is -0.383 e. The molecule has 0 saturated carbocycles. The number of imidazole rings is 1. The standard InChI is InChI=1S/C28H30FN5O3/c1-17-13-24-23(32-27(35)25-16-31-26(34(24)25)18-8-11-37-12-9-18)14-22(17)28(36)33-10-2-3-21(33)15-30-20-6-4-19(29)5-7-20/h4-7,13-14,16,18,21,30H,2-3,8-12,15H2,1H3,(H,32,35)/t21-/m0/s1. The van der Waals surface area contributed by atoms with Crippen LogP contribution >= 0.6 is 0 Å². The van der Waals surface area contributed by atoms with E-state index in [1.807, 2.05) is 28.4 Å². The number of halogens is 1. The molecule has 0 radical (unpaired) electrons. The van der Waals surface area contributed by atoms with Gasteiger partial charge in [0.05, 0.1) is 17.2 Å². The molecule has 0 unspecified atom stereocenters. The van der Waals surface area contributed by atoms with E-state index in [0.717, 1.165) is 48.3 Å². The van der Waals surface area contributed by atoms with Crippen molar-refractivity contribution in [2.45, 2.75) is 44.6 Å². The average Bonchev–Trinajstić information content (AvgIpc) is 3.57. The molecule has 8 nitrogen and oxygen atoms in total. The van der Waals surface area contributed by atoms with E-state index in [-0.39, 0.29) is 29.2 Å². The Morgan fingerprint density at radius 1 is 1.16 bits per heavy atom. The summed E-state index contributed by atoms with van der Waals surface area (Å²) in [6, 6.07) is 10.1. The van der Waals surface area contributed by atoms with E-state index in [1.54, 1.807) is 18.3 Å². The summed E-state index contributed by atoms with van der Waals surface area (Å²) in [5.41, 5.74) is 4.03. The Bertz CT molecular complexity index is 1520. The largest absolute Gasteiger partial charge is 0.383 e. The summed E-state index contributed by atoms with van der Waals surface area (Å²) in [5.74, 6) is 0.779. The molecule has 2 aromatic carbocycles.